The molecule has 2 atom stereocenters. The molecule has 2 aliphatic heterocycles. The van der Waals surface area contributed by atoms with Crippen LogP contribution in [0.4, 0.5) is 11.5 Å². The van der Waals surface area contributed by atoms with Gasteiger partial charge in [-0.2, -0.15) is 0 Å². The molecular weight excluding hydrogens is 280 g/mol. The number of benzene rings is 1. The number of non-ortho nitro benzene ring substituents is 1. The maximum absolute atomic E-state index is 10.8. The molecule has 0 spiro atoms. The quantitative estimate of drug-likeness (QED) is 0.680. The first-order valence-corrected chi connectivity index (χ1v) is 7.74. The molecule has 4 rings (SSSR count). The molecule has 6 heteroatoms. The van der Waals surface area contributed by atoms with Gasteiger partial charge >= 0.3 is 0 Å². The Morgan fingerprint density at radius 2 is 2.18 bits per heavy atom. The molecule has 0 bridgehead atoms. The molecule has 1 aromatic carbocycles. The molecule has 2 unspecified atom stereocenters. The summed E-state index contributed by atoms with van der Waals surface area (Å²) in [4.78, 5) is 17.5. The first kappa shape index (κ1) is 13.5. The van der Waals surface area contributed by atoms with Gasteiger partial charge in [-0.1, -0.05) is 0 Å². The van der Waals surface area contributed by atoms with Gasteiger partial charge in [0.2, 0.25) is 0 Å². The summed E-state index contributed by atoms with van der Waals surface area (Å²) in [5.74, 6) is 1.69. The van der Waals surface area contributed by atoms with Crippen molar-refractivity contribution in [2.24, 2.45) is 5.92 Å². The van der Waals surface area contributed by atoms with E-state index in [4.69, 9.17) is 4.98 Å². The Bertz CT molecular complexity index is 733. The number of nitro benzene ring substituents is 1. The molecule has 3 heterocycles. The van der Waals surface area contributed by atoms with Crippen LogP contribution in [0.15, 0.2) is 30.3 Å². The molecule has 114 valence electrons. The molecule has 0 amide bonds. The molecule has 1 N–H and O–H groups in total. The third kappa shape index (κ3) is 2.29. The van der Waals surface area contributed by atoms with Crippen molar-refractivity contribution in [3.05, 3.63) is 40.4 Å². The summed E-state index contributed by atoms with van der Waals surface area (Å²) in [5, 5.41) is 15.2. The number of hydrogen-bond donors (Lipinski definition) is 1. The van der Waals surface area contributed by atoms with Gasteiger partial charge in [-0.15, -0.1) is 0 Å². The highest BCUT2D eigenvalue weighted by atomic mass is 16.6. The van der Waals surface area contributed by atoms with E-state index >= 15 is 0 Å². The van der Waals surface area contributed by atoms with Crippen LogP contribution in [-0.2, 0) is 0 Å². The van der Waals surface area contributed by atoms with E-state index in [0.29, 0.717) is 12.0 Å². The number of pyridine rings is 1. The minimum atomic E-state index is -0.370. The van der Waals surface area contributed by atoms with E-state index in [0.717, 1.165) is 42.8 Å². The van der Waals surface area contributed by atoms with Gasteiger partial charge in [0.1, 0.15) is 5.82 Å². The maximum atomic E-state index is 10.8. The molecule has 0 saturated carbocycles. The summed E-state index contributed by atoms with van der Waals surface area (Å²) in [5.41, 5.74) is 0.926. The molecule has 22 heavy (non-hydrogen) atoms. The Morgan fingerprint density at radius 3 is 3.05 bits per heavy atom. The van der Waals surface area contributed by atoms with Crippen molar-refractivity contribution in [1.29, 1.82) is 0 Å². The van der Waals surface area contributed by atoms with Crippen molar-refractivity contribution in [1.82, 2.24) is 10.3 Å². The Kier molecular flexibility index (Phi) is 3.18. The van der Waals surface area contributed by atoms with Gasteiger partial charge in [-0.3, -0.25) is 10.1 Å². The fourth-order valence-electron chi connectivity index (χ4n) is 3.65. The first-order valence-electron chi connectivity index (χ1n) is 7.74. The van der Waals surface area contributed by atoms with Crippen molar-refractivity contribution in [3.8, 4) is 0 Å². The minimum absolute atomic E-state index is 0.111. The van der Waals surface area contributed by atoms with Crippen LogP contribution in [0.5, 0.6) is 0 Å². The average molecular weight is 298 g/mol. The summed E-state index contributed by atoms with van der Waals surface area (Å²) in [6.45, 7) is 3.18. The van der Waals surface area contributed by atoms with E-state index in [1.165, 1.54) is 12.5 Å². The summed E-state index contributed by atoms with van der Waals surface area (Å²) < 4.78 is 0. The predicted octanol–water partition coefficient (Wildman–Crippen LogP) is 2.33. The van der Waals surface area contributed by atoms with Crippen LogP contribution in [0.25, 0.3) is 10.9 Å². The van der Waals surface area contributed by atoms with Crippen LogP contribution in [-0.4, -0.2) is 35.6 Å². The van der Waals surface area contributed by atoms with Crippen LogP contribution >= 0.6 is 0 Å². The van der Waals surface area contributed by atoms with Gasteiger partial charge in [0, 0.05) is 36.7 Å². The molecule has 2 aliphatic rings. The third-order valence-electron chi connectivity index (χ3n) is 4.85. The third-order valence-corrected chi connectivity index (χ3v) is 4.85. The Morgan fingerprint density at radius 1 is 1.27 bits per heavy atom. The summed E-state index contributed by atoms with van der Waals surface area (Å²) in [6.07, 6.45) is 2.39. The topological polar surface area (TPSA) is 71.3 Å². The second-order valence-corrected chi connectivity index (χ2v) is 6.15. The largest absolute Gasteiger partial charge is 0.356 e. The van der Waals surface area contributed by atoms with Gasteiger partial charge in [-0.25, -0.2) is 4.98 Å². The molecule has 0 aliphatic carbocycles. The number of fused-ring (bicyclic) bond motifs is 2. The number of piperidine rings is 1. The van der Waals surface area contributed by atoms with Gasteiger partial charge in [0.25, 0.3) is 5.69 Å². The SMILES string of the molecule is O=[N+]([O-])c1ccc2nc(N3CCC4NCCC4C3)ccc2c1. The number of nitro groups is 1. The Hall–Kier alpha value is -2.21. The molecule has 2 fully saturated rings. The average Bonchev–Trinajstić information content (AvgIpc) is 3.01. The summed E-state index contributed by atoms with van der Waals surface area (Å²) in [6, 6.07) is 9.42. The zero-order valence-corrected chi connectivity index (χ0v) is 12.2. The standard InChI is InChI=1S/C16H18N4O2/c21-20(22)13-2-3-15-11(9-13)1-4-16(18-15)19-8-6-14-12(10-19)5-7-17-14/h1-4,9,12,14,17H,5-8,10H2. The second-order valence-electron chi connectivity index (χ2n) is 6.15. The van der Waals surface area contributed by atoms with E-state index < -0.39 is 0 Å². The van der Waals surface area contributed by atoms with Crippen molar-refractivity contribution in [2.75, 3.05) is 24.5 Å². The monoisotopic (exact) mass is 298 g/mol. The predicted molar refractivity (Wildman–Crippen MR) is 85.1 cm³/mol. The van der Waals surface area contributed by atoms with E-state index in [9.17, 15) is 10.1 Å². The van der Waals surface area contributed by atoms with Gasteiger partial charge in [0.05, 0.1) is 10.4 Å². The smallest absolute Gasteiger partial charge is 0.270 e. The number of hydrogen-bond acceptors (Lipinski definition) is 5. The molecule has 1 aromatic heterocycles. The molecule has 2 saturated heterocycles. The zero-order chi connectivity index (χ0) is 15.1. The Balaban J connectivity index is 1.62. The van der Waals surface area contributed by atoms with Crippen LogP contribution in [0.1, 0.15) is 12.8 Å². The van der Waals surface area contributed by atoms with Crippen LogP contribution < -0.4 is 10.2 Å². The lowest BCUT2D eigenvalue weighted by Crippen LogP contribution is -2.44. The van der Waals surface area contributed by atoms with Gasteiger partial charge in [-0.05, 0) is 43.5 Å². The molecule has 6 nitrogen and oxygen atoms in total. The van der Waals surface area contributed by atoms with Crippen LogP contribution in [0, 0.1) is 16.0 Å². The number of anilines is 1. The van der Waals surface area contributed by atoms with E-state index in [1.54, 1.807) is 12.1 Å². The highest BCUT2D eigenvalue weighted by Gasteiger charge is 2.32. The van der Waals surface area contributed by atoms with E-state index in [2.05, 4.69) is 10.2 Å². The van der Waals surface area contributed by atoms with Crippen LogP contribution in [0.3, 0.4) is 0 Å². The van der Waals surface area contributed by atoms with E-state index in [-0.39, 0.29) is 10.6 Å². The molecular formula is C16H18N4O2. The zero-order valence-electron chi connectivity index (χ0n) is 12.2. The number of nitrogens with zero attached hydrogens (tertiary/aromatic N) is 3. The number of rotatable bonds is 2. The lowest BCUT2D eigenvalue weighted by molar-refractivity contribution is -0.384. The normalized spacial score (nSPS) is 24.5. The van der Waals surface area contributed by atoms with Crippen molar-refractivity contribution < 1.29 is 4.92 Å². The lowest BCUT2D eigenvalue weighted by Gasteiger charge is -2.35. The number of nitrogens with one attached hydrogen (secondary N) is 1. The van der Waals surface area contributed by atoms with E-state index in [1.807, 2.05) is 12.1 Å². The highest BCUT2D eigenvalue weighted by Crippen LogP contribution is 2.29. The maximum Gasteiger partial charge on any atom is 0.270 e. The van der Waals surface area contributed by atoms with Crippen molar-refractivity contribution >= 4 is 22.4 Å². The fraction of sp³-hybridized carbons (Fsp3) is 0.438. The highest BCUT2D eigenvalue weighted by molar-refractivity contribution is 5.82. The fourth-order valence-corrected chi connectivity index (χ4v) is 3.65. The van der Waals surface area contributed by atoms with Crippen molar-refractivity contribution in [3.63, 3.8) is 0 Å². The van der Waals surface area contributed by atoms with Gasteiger partial charge < -0.3 is 10.2 Å². The lowest BCUT2D eigenvalue weighted by atomic mass is 9.93. The first-order chi connectivity index (χ1) is 10.7. The summed E-state index contributed by atoms with van der Waals surface area (Å²) in [7, 11) is 0. The molecule has 0 radical (unpaired) electrons. The Labute approximate surface area is 128 Å². The number of aromatic nitrogens is 1. The van der Waals surface area contributed by atoms with Gasteiger partial charge in [0.15, 0.2) is 0 Å². The minimum Gasteiger partial charge on any atom is -0.356 e. The summed E-state index contributed by atoms with van der Waals surface area (Å²) >= 11 is 0. The van der Waals surface area contributed by atoms with Crippen molar-refractivity contribution in [2.45, 2.75) is 18.9 Å². The second kappa shape index (κ2) is 5.21. The molecule has 2 aromatic rings. The van der Waals surface area contributed by atoms with Crippen LogP contribution in [0.2, 0.25) is 0 Å².